The Morgan fingerprint density at radius 2 is 1.94 bits per heavy atom. The quantitative estimate of drug-likeness (QED) is 0.436. The zero-order valence-corrected chi connectivity index (χ0v) is 19.0. The molecule has 1 N–H and O–H groups in total. The lowest BCUT2D eigenvalue weighted by Gasteiger charge is -2.24. The van der Waals surface area contributed by atoms with Crippen LogP contribution in [0.1, 0.15) is 49.7 Å². The van der Waals surface area contributed by atoms with Crippen molar-refractivity contribution in [3.8, 4) is 28.6 Å². The minimum atomic E-state index is -4.76. The molecule has 3 aromatic rings. The molecule has 0 bridgehead atoms. The maximum atomic E-state index is 12.8. The average molecular weight is 486 g/mol. The lowest BCUT2D eigenvalue weighted by molar-refractivity contribution is -0.274. The molecule has 0 amide bonds. The van der Waals surface area contributed by atoms with Gasteiger partial charge in [0.25, 0.3) is 5.89 Å². The lowest BCUT2D eigenvalue weighted by atomic mass is 9.79. The second-order valence-corrected chi connectivity index (χ2v) is 9.37. The Morgan fingerprint density at radius 1 is 1.14 bits per heavy atom. The second kappa shape index (κ2) is 9.11. The number of hydrogen-bond acceptors (Lipinski definition) is 6. The van der Waals surface area contributed by atoms with E-state index in [2.05, 4.69) is 20.9 Å². The van der Waals surface area contributed by atoms with E-state index in [1.165, 1.54) is 29.8 Å². The molecule has 1 aromatic heterocycles. The average Bonchev–Trinajstić information content (AvgIpc) is 3.52. The van der Waals surface area contributed by atoms with Gasteiger partial charge in [0.2, 0.25) is 5.82 Å². The van der Waals surface area contributed by atoms with Gasteiger partial charge in [0.05, 0.1) is 0 Å². The number of ether oxygens (including phenoxy) is 1. The number of benzene rings is 2. The molecule has 0 radical (unpaired) electrons. The third kappa shape index (κ3) is 4.69. The summed E-state index contributed by atoms with van der Waals surface area (Å²) in [6, 6.07) is 11.2. The molecule has 2 aliphatic carbocycles. The van der Waals surface area contributed by atoms with E-state index in [4.69, 9.17) is 9.63 Å². The van der Waals surface area contributed by atoms with Crippen LogP contribution >= 0.6 is 0 Å². The molecule has 5 rings (SSSR count). The monoisotopic (exact) mass is 486 g/mol. The third-order valence-corrected chi connectivity index (χ3v) is 7.17. The summed E-state index contributed by atoms with van der Waals surface area (Å²) in [7, 11) is 0. The van der Waals surface area contributed by atoms with Crippen LogP contribution in [0.15, 0.2) is 47.0 Å². The van der Waals surface area contributed by atoms with Crippen LogP contribution in [0.25, 0.3) is 22.8 Å². The Bertz CT molecular complexity index is 1220. The normalized spacial score (nSPS) is 21.6. The molecule has 2 aromatic carbocycles. The van der Waals surface area contributed by atoms with Gasteiger partial charge in [-0.1, -0.05) is 29.8 Å². The summed E-state index contributed by atoms with van der Waals surface area (Å²) in [6.45, 7) is 0.149. The van der Waals surface area contributed by atoms with Gasteiger partial charge in [-0.3, -0.25) is 4.79 Å². The number of carbonyl (C=O) groups excluding carboxylic acids is 1. The maximum Gasteiger partial charge on any atom is 0.573 e. The van der Waals surface area contributed by atoms with E-state index in [1.807, 2.05) is 12.1 Å². The van der Waals surface area contributed by atoms with E-state index < -0.39 is 6.36 Å². The molecule has 2 aliphatic rings. The zero-order chi connectivity index (χ0) is 24.6. The second-order valence-electron chi connectivity index (χ2n) is 9.37. The number of alkyl halides is 3. The zero-order valence-electron chi connectivity index (χ0n) is 19.0. The molecular weight excluding hydrogens is 461 g/mol. The number of unbranched alkanes of at least 4 members (excludes halogenated alkanes) is 1. The number of halogens is 3. The van der Waals surface area contributed by atoms with Gasteiger partial charge in [-0.2, -0.15) is 4.98 Å². The molecule has 1 heterocycles. The number of rotatable bonds is 7. The standard InChI is InChI=1S/C26H25F3N2O4/c27-26(28,29)34-18-9-7-16(8-10-18)24-30-23(31-35-24)20-5-3-6-21-19(20)11-12-25(21)14-17(22(33)15-25)4-1-2-13-32/h3,5-10,17,32H,1-2,4,11-15H2/t17?,25-/m0/s1. The van der Waals surface area contributed by atoms with Crippen LogP contribution in [0.5, 0.6) is 5.75 Å². The first-order valence-corrected chi connectivity index (χ1v) is 11.7. The fourth-order valence-corrected chi connectivity index (χ4v) is 5.61. The smallest absolute Gasteiger partial charge is 0.406 e. The van der Waals surface area contributed by atoms with E-state index in [0.29, 0.717) is 23.6 Å². The van der Waals surface area contributed by atoms with Crippen molar-refractivity contribution in [3.05, 3.63) is 53.6 Å². The molecule has 35 heavy (non-hydrogen) atoms. The Kier molecular flexibility index (Phi) is 6.13. The van der Waals surface area contributed by atoms with Crippen molar-refractivity contribution in [1.82, 2.24) is 10.1 Å². The number of hydrogen-bond donors (Lipinski definition) is 1. The number of aromatic nitrogens is 2. The van der Waals surface area contributed by atoms with Crippen LogP contribution < -0.4 is 4.74 Å². The topological polar surface area (TPSA) is 85.5 Å². The van der Waals surface area contributed by atoms with Crippen LogP contribution in [0.2, 0.25) is 0 Å². The van der Waals surface area contributed by atoms with E-state index >= 15 is 0 Å². The van der Waals surface area contributed by atoms with Gasteiger partial charge in [0, 0.05) is 35.5 Å². The van der Waals surface area contributed by atoms with Crippen LogP contribution in [-0.4, -0.2) is 34.0 Å². The summed E-state index contributed by atoms with van der Waals surface area (Å²) < 4.78 is 46.5. The Morgan fingerprint density at radius 3 is 2.69 bits per heavy atom. The fraction of sp³-hybridized carbons (Fsp3) is 0.423. The number of aliphatic hydroxyl groups is 1. The number of nitrogens with zero attached hydrogens (tertiary/aromatic N) is 2. The summed E-state index contributed by atoms with van der Waals surface area (Å²) in [5.74, 6) is 0.628. The van der Waals surface area contributed by atoms with Crippen LogP contribution in [0.4, 0.5) is 13.2 Å². The van der Waals surface area contributed by atoms with Crippen LogP contribution in [0, 0.1) is 5.92 Å². The molecular formula is C26H25F3N2O4. The van der Waals surface area contributed by atoms with Gasteiger partial charge < -0.3 is 14.4 Å². The van der Waals surface area contributed by atoms with E-state index in [1.54, 1.807) is 0 Å². The van der Waals surface area contributed by atoms with E-state index in [0.717, 1.165) is 49.7 Å². The van der Waals surface area contributed by atoms with E-state index in [-0.39, 0.29) is 29.6 Å². The largest absolute Gasteiger partial charge is 0.573 e. The Hall–Kier alpha value is -3.20. The maximum absolute atomic E-state index is 12.8. The number of carbonyl (C=O) groups is 1. The minimum Gasteiger partial charge on any atom is -0.406 e. The van der Waals surface area contributed by atoms with E-state index in [9.17, 15) is 18.0 Å². The summed E-state index contributed by atoms with van der Waals surface area (Å²) in [6.07, 6.45) is 0.711. The summed E-state index contributed by atoms with van der Waals surface area (Å²) in [5.41, 5.74) is 3.47. The van der Waals surface area contributed by atoms with Crippen molar-refractivity contribution in [1.29, 1.82) is 0 Å². The summed E-state index contributed by atoms with van der Waals surface area (Å²) in [4.78, 5) is 17.3. The first kappa shape index (κ1) is 23.5. The molecule has 6 nitrogen and oxygen atoms in total. The molecule has 9 heteroatoms. The van der Waals surface area contributed by atoms with Crippen molar-refractivity contribution in [2.75, 3.05) is 6.61 Å². The fourth-order valence-electron chi connectivity index (χ4n) is 5.61. The highest BCUT2D eigenvalue weighted by atomic mass is 19.4. The van der Waals surface area contributed by atoms with Gasteiger partial charge in [-0.15, -0.1) is 13.2 Å². The first-order chi connectivity index (χ1) is 16.8. The molecule has 0 saturated heterocycles. The van der Waals surface area contributed by atoms with Gasteiger partial charge in [0.15, 0.2) is 0 Å². The summed E-state index contributed by atoms with van der Waals surface area (Å²) in [5, 5.41) is 13.2. The molecule has 2 atom stereocenters. The number of fused-ring (bicyclic) bond motifs is 2. The van der Waals surface area contributed by atoms with Crippen molar-refractivity contribution < 1.29 is 32.3 Å². The molecule has 1 unspecified atom stereocenters. The molecule has 1 saturated carbocycles. The summed E-state index contributed by atoms with van der Waals surface area (Å²) >= 11 is 0. The highest BCUT2D eigenvalue weighted by Gasteiger charge is 2.49. The van der Waals surface area contributed by atoms with Crippen molar-refractivity contribution in [2.45, 2.75) is 56.7 Å². The van der Waals surface area contributed by atoms with Gasteiger partial charge in [0.1, 0.15) is 11.5 Å². The number of aliphatic hydroxyl groups excluding tert-OH is 1. The SMILES string of the molecule is O=C1C[C@]2(CCc3c(-c4noc(-c5ccc(OC(F)(F)F)cc5)n4)cccc32)CC1CCCCO. The van der Waals surface area contributed by atoms with Gasteiger partial charge in [-0.25, -0.2) is 0 Å². The van der Waals surface area contributed by atoms with Crippen LogP contribution in [0.3, 0.4) is 0 Å². The van der Waals surface area contributed by atoms with Gasteiger partial charge >= 0.3 is 6.36 Å². The third-order valence-electron chi connectivity index (χ3n) is 7.17. The highest BCUT2D eigenvalue weighted by Crippen LogP contribution is 2.53. The van der Waals surface area contributed by atoms with Crippen molar-refractivity contribution in [3.63, 3.8) is 0 Å². The molecule has 0 aliphatic heterocycles. The Labute approximate surface area is 200 Å². The van der Waals surface area contributed by atoms with Crippen molar-refractivity contribution in [2.24, 2.45) is 5.92 Å². The molecule has 1 fully saturated rings. The predicted octanol–water partition coefficient (Wildman–Crippen LogP) is 5.63. The number of ketones is 1. The molecule has 1 spiro atoms. The van der Waals surface area contributed by atoms with Gasteiger partial charge in [-0.05, 0) is 67.5 Å². The van der Waals surface area contributed by atoms with Crippen molar-refractivity contribution >= 4 is 5.78 Å². The number of Topliss-reactive ketones (excluding diaryl/α,β-unsaturated/α-hetero) is 1. The predicted molar refractivity (Wildman–Crippen MR) is 121 cm³/mol. The molecule has 184 valence electrons. The lowest BCUT2D eigenvalue weighted by Crippen LogP contribution is -2.19. The highest BCUT2D eigenvalue weighted by molar-refractivity contribution is 5.86. The Balaban J connectivity index is 1.37. The minimum absolute atomic E-state index is 0.0391. The van der Waals surface area contributed by atoms with Crippen LogP contribution in [-0.2, 0) is 16.6 Å². The first-order valence-electron chi connectivity index (χ1n) is 11.7.